The van der Waals surface area contributed by atoms with Crippen LogP contribution >= 0.6 is 11.3 Å². The van der Waals surface area contributed by atoms with Crippen molar-refractivity contribution in [1.29, 1.82) is 0 Å². The standard InChI is InChI=1S/C24H33FN6OS/c1-17(2)7-8-19(15-18-16-26-21-6-4-3-5-20(18)21)27-22(32)23-28-29-24(33-23)31-13-11-30(10-9-25)12-14-31/h3-6,16-17,19,26H,7-15H2,1-2H3,(H,27,32). The molecule has 1 unspecified atom stereocenters. The Labute approximate surface area is 198 Å². The first-order valence-electron chi connectivity index (χ1n) is 11.8. The number of hydrogen-bond donors (Lipinski definition) is 2. The molecule has 9 heteroatoms. The highest BCUT2D eigenvalue weighted by Crippen LogP contribution is 2.24. The summed E-state index contributed by atoms with van der Waals surface area (Å²) in [6, 6.07) is 8.28. The zero-order chi connectivity index (χ0) is 23.2. The normalized spacial score (nSPS) is 15.9. The van der Waals surface area contributed by atoms with Crippen molar-refractivity contribution in [2.45, 2.75) is 39.2 Å². The Morgan fingerprint density at radius 3 is 2.73 bits per heavy atom. The smallest absolute Gasteiger partial charge is 0.282 e. The summed E-state index contributed by atoms with van der Waals surface area (Å²) in [5.74, 6) is 0.403. The number of rotatable bonds is 10. The summed E-state index contributed by atoms with van der Waals surface area (Å²) in [4.78, 5) is 20.6. The van der Waals surface area contributed by atoms with Crippen molar-refractivity contribution in [2.75, 3.05) is 44.3 Å². The molecule has 2 aromatic heterocycles. The third-order valence-electron chi connectivity index (χ3n) is 6.22. The van der Waals surface area contributed by atoms with Gasteiger partial charge in [-0.2, -0.15) is 0 Å². The van der Waals surface area contributed by atoms with Crippen molar-refractivity contribution < 1.29 is 9.18 Å². The molecule has 1 amide bonds. The van der Waals surface area contributed by atoms with Gasteiger partial charge in [0.05, 0.1) is 0 Å². The summed E-state index contributed by atoms with van der Waals surface area (Å²) in [6.07, 6.45) is 4.76. The quantitative estimate of drug-likeness (QED) is 0.468. The van der Waals surface area contributed by atoms with Gasteiger partial charge in [0, 0.05) is 55.9 Å². The fourth-order valence-electron chi connectivity index (χ4n) is 4.29. The molecule has 33 heavy (non-hydrogen) atoms. The Bertz CT molecular complexity index is 1040. The number of anilines is 1. The molecule has 1 fully saturated rings. The maximum atomic E-state index is 13.0. The molecule has 1 atom stereocenters. The minimum atomic E-state index is -0.320. The molecular formula is C24H33FN6OS. The van der Waals surface area contributed by atoms with Crippen molar-refractivity contribution >= 4 is 33.3 Å². The van der Waals surface area contributed by atoms with Gasteiger partial charge in [-0.15, -0.1) is 10.2 Å². The van der Waals surface area contributed by atoms with Gasteiger partial charge in [0.25, 0.3) is 5.91 Å². The molecule has 1 saturated heterocycles. The number of alkyl halides is 1. The van der Waals surface area contributed by atoms with Crippen LogP contribution in [0.4, 0.5) is 9.52 Å². The van der Waals surface area contributed by atoms with Crippen LogP contribution in [-0.4, -0.2) is 71.4 Å². The molecule has 0 aliphatic carbocycles. The van der Waals surface area contributed by atoms with Crippen molar-refractivity contribution in [2.24, 2.45) is 5.92 Å². The predicted octanol–water partition coefficient (Wildman–Crippen LogP) is 3.89. The lowest BCUT2D eigenvalue weighted by Crippen LogP contribution is -2.47. The monoisotopic (exact) mass is 472 g/mol. The number of hydrogen-bond acceptors (Lipinski definition) is 6. The lowest BCUT2D eigenvalue weighted by Gasteiger charge is -2.33. The van der Waals surface area contributed by atoms with Crippen molar-refractivity contribution in [3.05, 3.63) is 41.0 Å². The van der Waals surface area contributed by atoms with Crippen molar-refractivity contribution in [3.63, 3.8) is 0 Å². The van der Waals surface area contributed by atoms with Crippen LogP contribution in [0.25, 0.3) is 10.9 Å². The van der Waals surface area contributed by atoms with Crippen LogP contribution in [0.2, 0.25) is 0 Å². The molecule has 0 radical (unpaired) electrons. The van der Waals surface area contributed by atoms with E-state index in [1.54, 1.807) is 0 Å². The lowest BCUT2D eigenvalue weighted by molar-refractivity contribution is 0.0932. The summed E-state index contributed by atoms with van der Waals surface area (Å²) in [7, 11) is 0. The first-order valence-corrected chi connectivity index (χ1v) is 12.6. The van der Waals surface area contributed by atoms with Gasteiger partial charge in [0.15, 0.2) is 0 Å². The second-order valence-corrected chi connectivity index (χ2v) is 10.1. The van der Waals surface area contributed by atoms with Crippen molar-refractivity contribution in [1.82, 2.24) is 25.4 Å². The van der Waals surface area contributed by atoms with E-state index in [0.29, 0.717) is 17.5 Å². The number of aromatic nitrogens is 3. The predicted molar refractivity (Wildman–Crippen MR) is 132 cm³/mol. The van der Waals surface area contributed by atoms with E-state index in [4.69, 9.17) is 0 Å². The summed E-state index contributed by atoms with van der Waals surface area (Å²) in [6.45, 7) is 7.71. The van der Waals surface area contributed by atoms with E-state index in [1.165, 1.54) is 22.3 Å². The number of carbonyl (C=O) groups excluding carboxylic acids is 1. The lowest BCUT2D eigenvalue weighted by atomic mass is 9.97. The second-order valence-electron chi connectivity index (χ2n) is 9.11. The van der Waals surface area contributed by atoms with E-state index < -0.39 is 0 Å². The van der Waals surface area contributed by atoms with Crippen LogP contribution in [0.5, 0.6) is 0 Å². The Balaban J connectivity index is 1.40. The SMILES string of the molecule is CC(C)CCC(Cc1c[nH]c2ccccc12)NC(=O)c1nnc(N2CCN(CCF)CC2)s1. The minimum absolute atomic E-state index is 0.0238. The Morgan fingerprint density at radius 1 is 1.18 bits per heavy atom. The van der Waals surface area contributed by atoms with Crippen LogP contribution in [0.1, 0.15) is 42.1 Å². The van der Waals surface area contributed by atoms with Gasteiger partial charge in [-0.1, -0.05) is 43.4 Å². The van der Waals surface area contributed by atoms with Crippen LogP contribution < -0.4 is 10.2 Å². The third kappa shape index (κ3) is 6.09. The summed E-state index contributed by atoms with van der Waals surface area (Å²) in [5, 5.41) is 14.0. The number of aromatic amines is 1. The number of amides is 1. The molecular weight excluding hydrogens is 439 g/mol. The Morgan fingerprint density at radius 2 is 1.97 bits per heavy atom. The molecule has 1 aromatic carbocycles. The zero-order valence-corrected chi connectivity index (χ0v) is 20.2. The van der Waals surface area contributed by atoms with Gasteiger partial charge in [0.2, 0.25) is 10.1 Å². The molecule has 0 saturated carbocycles. The number of piperazine rings is 1. The zero-order valence-electron chi connectivity index (χ0n) is 19.4. The molecule has 178 valence electrons. The molecule has 2 N–H and O–H groups in total. The third-order valence-corrected chi connectivity index (χ3v) is 7.20. The number of fused-ring (bicyclic) bond motifs is 1. The topological polar surface area (TPSA) is 77.1 Å². The highest BCUT2D eigenvalue weighted by atomic mass is 32.1. The molecule has 1 aliphatic heterocycles. The van der Waals surface area contributed by atoms with E-state index in [9.17, 15) is 9.18 Å². The fraction of sp³-hybridized carbons (Fsp3) is 0.542. The number of H-pyrrole nitrogens is 1. The Kier molecular flexibility index (Phi) is 7.93. The summed E-state index contributed by atoms with van der Waals surface area (Å²) >= 11 is 1.33. The molecule has 7 nitrogen and oxygen atoms in total. The molecule has 3 heterocycles. The number of benzene rings is 1. The number of para-hydroxylation sites is 1. The summed E-state index contributed by atoms with van der Waals surface area (Å²) in [5.41, 5.74) is 2.32. The highest BCUT2D eigenvalue weighted by Gasteiger charge is 2.23. The largest absolute Gasteiger partial charge is 0.361 e. The van der Waals surface area contributed by atoms with Gasteiger partial charge in [-0.05, 0) is 36.8 Å². The number of carbonyl (C=O) groups is 1. The van der Waals surface area contributed by atoms with Gasteiger partial charge in [-0.3, -0.25) is 9.69 Å². The fourth-order valence-corrected chi connectivity index (χ4v) is 5.09. The van der Waals surface area contributed by atoms with Gasteiger partial charge in [0.1, 0.15) is 6.67 Å². The molecule has 1 aliphatic rings. The first kappa shape index (κ1) is 23.6. The molecule has 0 spiro atoms. The van der Waals surface area contributed by atoms with Crippen molar-refractivity contribution in [3.8, 4) is 0 Å². The van der Waals surface area contributed by atoms with Gasteiger partial charge in [-0.25, -0.2) is 4.39 Å². The van der Waals surface area contributed by atoms with E-state index in [2.05, 4.69) is 56.3 Å². The minimum Gasteiger partial charge on any atom is -0.361 e. The van der Waals surface area contributed by atoms with Crippen LogP contribution in [0, 0.1) is 5.92 Å². The molecule has 0 bridgehead atoms. The van der Waals surface area contributed by atoms with Crippen LogP contribution in [-0.2, 0) is 6.42 Å². The van der Waals surface area contributed by atoms with Gasteiger partial charge < -0.3 is 15.2 Å². The van der Waals surface area contributed by atoms with Crippen LogP contribution in [0.15, 0.2) is 30.5 Å². The molecule has 3 aromatic rings. The Hall–Kier alpha value is -2.52. The summed E-state index contributed by atoms with van der Waals surface area (Å²) < 4.78 is 12.6. The van der Waals surface area contributed by atoms with Crippen LogP contribution in [0.3, 0.4) is 0 Å². The average Bonchev–Trinajstić information content (AvgIpc) is 3.46. The van der Waals surface area contributed by atoms with E-state index in [0.717, 1.165) is 56.1 Å². The number of nitrogens with zero attached hydrogens (tertiary/aromatic N) is 4. The highest BCUT2D eigenvalue weighted by molar-refractivity contribution is 7.17. The maximum absolute atomic E-state index is 13.0. The number of halogens is 1. The first-order chi connectivity index (χ1) is 16.0. The maximum Gasteiger partial charge on any atom is 0.282 e. The van der Waals surface area contributed by atoms with E-state index >= 15 is 0 Å². The van der Waals surface area contributed by atoms with E-state index in [1.807, 2.05) is 18.3 Å². The van der Waals surface area contributed by atoms with E-state index in [-0.39, 0.29) is 18.6 Å². The van der Waals surface area contributed by atoms with Gasteiger partial charge >= 0.3 is 0 Å². The average molecular weight is 473 g/mol. The molecule has 4 rings (SSSR count). The number of nitrogens with one attached hydrogen (secondary N) is 2. The second kappa shape index (κ2) is 11.1.